The van der Waals surface area contributed by atoms with Crippen molar-refractivity contribution in [2.45, 2.75) is 85.0 Å². The lowest BCUT2D eigenvalue weighted by atomic mass is 10.00. The summed E-state index contributed by atoms with van der Waals surface area (Å²) in [4.78, 5) is 0. The molecule has 1 atom stereocenters. The molecule has 1 aliphatic carbocycles. The summed E-state index contributed by atoms with van der Waals surface area (Å²) < 4.78 is 0. The fourth-order valence-corrected chi connectivity index (χ4v) is 2.07. The maximum absolute atomic E-state index is 2.36. The van der Waals surface area contributed by atoms with Crippen LogP contribution in [0.4, 0.5) is 0 Å². The van der Waals surface area contributed by atoms with E-state index in [1.165, 1.54) is 64.2 Å². The molecule has 0 N–H and O–H groups in total. The molecule has 0 heterocycles. The first-order chi connectivity index (χ1) is 6.81. The number of hydrogen-bond donors (Lipinski definition) is 0. The zero-order valence-electron chi connectivity index (χ0n) is 10.6. The largest absolute Gasteiger partial charge is 0.0654 e. The minimum absolute atomic E-state index is 0.968. The second kappa shape index (κ2) is 11.1. The Kier molecular flexibility index (Phi) is 11.1. The molecule has 0 aromatic heterocycles. The monoisotopic (exact) mass is 198 g/mol. The fourth-order valence-electron chi connectivity index (χ4n) is 2.07. The highest BCUT2D eigenvalue weighted by atomic mass is 14.0. The van der Waals surface area contributed by atoms with E-state index >= 15 is 0 Å². The van der Waals surface area contributed by atoms with Gasteiger partial charge in [0, 0.05) is 0 Å². The average Bonchev–Trinajstić information content (AvgIpc) is 2.73. The molecule has 0 aromatic rings. The number of rotatable bonds is 5. The maximum atomic E-state index is 2.36. The van der Waals surface area contributed by atoms with Crippen LogP contribution in [0.2, 0.25) is 0 Å². The summed E-state index contributed by atoms with van der Waals surface area (Å²) in [7, 11) is 0. The molecule has 0 saturated heterocycles. The lowest BCUT2D eigenvalue weighted by molar-refractivity contribution is 0.466. The Bertz CT molecular complexity index is 84.6. The van der Waals surface area contributed by atoms with Crippen molar-refractivity contribution < 1.29 is 0 Å². The van der Waals surface area contributed by atoms with E-state index < -0.39 is 0 Å². The average molecular weight is 198 g/mol. The molecule has 1 fully saturated rings. The van der Waals surface area contributed by atoms with Gasteiger partial charge in [-0.3, -0.25) is 0 Å². The molecule has 0 radical (unpaired) electrons. The molecule has 0 heteroatoms. The Hall–Kier alpha value is 0. The Morgan fingerprint density at radius 3 is 1.64 bits per heavy atom. The molecule has 1 rings (SSSR count). The standard InChI is InChI=1S/C9H20.C5H10/c1-4-6-8-9(3)7-5-2;1-2-4-5-3-1/h9H,4-8H2,1-3H3;1-5H2. The molecule has 0 bridgehead atoms. The third-order valence-electron chi connectivity index (χ3n) is 3.08. The lowest BCUT2D eigenvalue weighted by Crippen LogP contribution is -1.92. The van der Waals surface area contributed by atoms with Gasteiger partial charge in [0.25, 0.3) is 0 Å². The van der Waals surface area contributed by atoms with Crippen molar-refractivity contribution in [2.75, 3.05) is 0 Å². The van der Waals surface area contributed by atoms with Gasteiger partial charge in [-0.25, -0.2) is 0 Å². The summed E-state index contributed by atoms with van der Waals surface area (Å²) >= 11 is 0. The summed E-state index contributed by atoms with van der Waals surface area (Å²) in [6.07, 6.45) is 14.5. The van der Waals surface area contributed by atoms with Crippen LogP contribution in [0.25, 0.3) is 0 Å². The van der Waals surface area contributed by atoms with E-state index in [9.17, 15) is 0 Å². The van der Waals surface area contributed by atoms with Gasteiger partial charge >= 0.3 is 0 Å². The van der Waals surface area contributed by atoms with E-state index in [0.717, 1.165) is 5.92 Å². The van der Waals surface area contributed by atoms with Crippen LogP contribution in [-0.4, -0.2) is 0 Å². The third-order valence-corrected chi connectivity index (χ3v) is 3.08. The van der Waals surface area contributed by atoms with Gasteiger partial charge in [-0.1, -0.05) is 85.0 Å². The summed E-state index contributed by atoms with van der Waals surface area (Å²) in [6, 6.07) is 0. The van der Waals surface area contributed by atoms with Crippen LogP contribution >= 0.6 is 0 Å². The van der Waals surface area contributed by atoms with Crippen molar-refractivity contribution in [1.29, 1.82) is 0 Å². The van der Waals surface area contributed by atoms with E-state index in [2.05, 4.69) is 20.8 Å². The molecule has 0 aromatic carbocycles. The van der Waals surface area contributed by atoms with Crippen LogP contribution < -0.4 is 0 Å². The first kappa shape index (κ1) is 14.0. The Labute approximate surface area is 91.5 Å². The predicted octanol–water partition coefficient (Wildman–Crippen LogP) is 5.56. The molecule has 1 saturated carbocycles. The molecule has 0 spiro atoms. The van der Waals surface area contributed by atoms with Gasteiger partial charge in [-0.2, -0.15) is 0 Å². The van der Waals surface area contributed by atoms with Crippen molar-refractivity contribution >= 4 is 0 Å². The molecule has 1 unspecified atom stereocenters. The molecule has 0 nitrogen and oxygen atoms in total. The normalized spacial score (nSPS) is 17.4. The van der Waals surface area contributed by atoms with Crippen LogP contribution in [-0.2, 0) is 0 Å². The zero-order chi connectivity index (χ0) is 10.6. The van der Waals surface area contributed by atoms with Crippen molar-refractivity contribution in [1.82, 2.24) is 0 Å². The van der Waals surface area contributed by atoms with E-state index in [1.807, 2.05) is 0 Å². The van der Waals surface area contributed by atoms with Crippen molar-refractivity contribution in [3.05, 3.63) is 0 Å². The highest BCUT2D eigenvalue weighted by Gasteiger charge is 1.97. The molecular formula is C14H30. The van der Waals surface area contributed by atoms with Crippen LogP contribution in [0.1, 0.15) is 85.0 Å². The number of hydrogen-bond acceptors (Lipinski definition) is 0. The van der Waals surface area contributed by atoms with E-state index in [1.54, 1.807) is 0 Å². The SMILES string of the molecule is C1CCCC1.CCCCC(C)CCC. The maximum Gasteiger partial charge on any atom is -0.0443 e. The minimum atomic E-state index is 0.968. The third kappa shape index (κ3) is 10.1. The second-order valence-electron chi connectivity index (χ2n) is 4.80. The first-order valence-electron chi connectivity index (χ1n) is 6.81. The fraction of sp³-hybridized carbons (Fsp3) is 1.00. The molecule has 0 aliphatic heterocycles. The summed E-state index contributed by atoms with van der Waals surface area (Å²) in [5.74, 6) is 0.968. The van der Waals surface area contributed by atoms with Crippen LogP contribution in [0.5, 0.6) is 0 Å². The van der Waals surface area contributed by atoms with Gasteiger partial charge in [0.15, 0.2) is 0 Å². The van der Waals surface area contributed by atoms with Crippen LogP contribution in [0, 0.1) is 5.92 Å². The highest BCUT2D eigenvalue weighted by molar-refractivity contribution is 4.51. The summed E-state index contributed by atoms with van der Waals surface area (Å²) in [6.45, 7) is 6.89. The van der Waals surface area contributed by atoms with Gasteiger partial charge in [0.2, 0.25) is 0 Å². The lowest BCUT2D eigenvalue weighted by Gasteiger charge is -2.07. The minimum Gasteiger partial charge on any atom is -0.0654 e. The Morgan fingerprint density at radius 1 is 0.786 bits per heavy atom. The quantitative estimate of drug-likeness (QED) is 0.542. The molecule has 14 heavy (non-hydrogen) atoms. The summed E-state index contributed by atoms with van der Waals surface area (Å²) in [5.41, 5.74) is 0. The van der Waals surface area contributed by atoms with E-state index in [4.69, 9.17) is 0 Å². The first-order valence-corrected chi connectivity index (χ1v) is 6.81. The predicted molar refractivity (Wildman–Crippen MR) is 66.7 cm³/mol. The van der Waals surface area contributed by atoms with Gasteiger partial charge in [-0.05, 0) is 5.92 Å². The molecule has 1 aliphatic rings. The van der Waals surface area contributed by atoms with Gasteiger partial charge in [-0.15, -0.1) is 0 Å². The molecule has 86 valence electrons. The van der Waals surface area contributed by atoms with E-state index in [0.29, 0.717) is 0 Å². The molecular weight excluding hydrogens is 168 g/mol. The van der Waals surface area contributed by atoms with Crippen molar-refractivity contribution in [3.63, 3.8) is 0 Å². The Morgan fingerprint density at radius 2 is 1.29 bits per heavy atom. The van der Waals surface area contributed by atoms with Gasteiger partial charge in [0.1, 0.15) is 0 Å². The Balaban J connectivity index is 0.000000280. The van der Waals surface area contributed by atoms with Crippen molar-refractivity contribution in [3.8, 4) is 0 Å². The van der Waals surface area contributed by atoms with Gasteiger partial charge in [0.05, 0.1) is 0 Å². The van der Waals surface area contributed by atoms with Gasteiger partial charge < -0.3 is 0 Å². The van der Waals surface area contributed by atoms with Crippen LogP contribution in [0.15, 0.2) is 0 Å². The van der Waals surface area contributed by atoms with Crippen molar-refractivity contribution in [2.24, 2.45) is 5.92 Å². The second-order valence-corrected chi connectivity index (χ2v) is 4.80. The zero-order valence-corrected chi connectivity index (χ0v) is 10.6. The topological polar surface area (TPSA) is 0 Å². The summed E-state index contributed by atoms with van der Waals surface area (Å²) in [5, 5.41) is 0. The number of unbranched alkanes of at least 4 members (excludes halogenated alkanes) is 1. The molecule has 0 amide bonds. The smallest absolute Gasteiger partial charge is 0.0443 e. The highest BCUT2D eigenvalue weighted by Crippen LogP contribution is 2.15. The van der Waals surface area contributed by atoms with E-state index in [-0.39, 0.29) is 0 Å². The van der Waals surface area contributed by atoms with Crippen LogP contribution in [0.3, 0.4) is 0 Å².